The molecule has 0 aliphatic rings. The van der Waals surface area contributed by atoms with Gasteiger partial charge in [-0.05, 0) is 64.4 Å². The summed E-state index contributed by atoms with van der Waals surface area (Å²) in [5, 5.41) is 10.2. The normalized spacial score (nSPS) is 10.3. The second-order valence-electron chi connectivity index (χ2n) is 5.65. The zero-order chi connectivity index (χ0) is 18.4. The number of hydrogen-bond acceptors (Lipinski definition) is 3. The molecule has 2 aromatic carbocycles. The summed E-state index contributed by atoms with van der Waals surface area (Å²) in [4.78, 5) is 24.1. The highest BCUT2D eigenvalue weighted by molar-refractivity contribution is 7.08. The molecule has 0 saturated carbocycles. The van der Waals surface area contributed by atoms with E-state index in [4.69, 9.17) is 11.6 Å². The van der Waals surface area contributed by atoms with E-state index in [1.165, 1.54) is 0 Å². The Balaban J connectivity index is 1.49. The lowest BCUT2D eigenvalue weighted by atomic mass is 10.1. The average Bonchev–Trinajstić information content (AvgIpc) is 3.17. The Bertz CT molecular complexity index is 892. The van der Waals surface area contributed by atoms with Crippen LogP contribution in [0.2, 0.25) is 5.02 Å². The minimum absolute atomic E-state index is 0.149. The molecule has 0 saturated heterocycles. The average molecular weight is 385 g/mol. The van der Waals surface area contributed by atoms with Gasteiger partial charge in [-0.25, -0.2) is 0 Å². The Hall–Kier alpha value is -2.63. The minimum Gasteiger partial charge on any atom is -0.352 e. The highest BCUT2D eigenvalue weighted by Gasteiger charge is 2.07. The third-order valence-corrected chi connectivity index (χ3v) is 4.68. The quantitative estimate of drug-likeness (QED) is 0.639. The molecule has 2 amide bonds. The van der Waals surface area contributed by atoms with E-state index in [0.717, 1.165) is 16.8 Å². The molecule has 0 aliphatic carbocycles. The number of benzene rings is 2. The van der Waals surface area contributed by atoms with Crippen molar-refractivity contribution in [2.24, 2.45) is 0 Å². The van der Waals surface area contributed by atoms with E-state index in [1.54, 1.807) is 35.6 Å². The van der Waals surface area contributed by atoms with Crippen LogP contribution in [0.15, 0.2) is 65.4 Å². The first-order valence-corrected chi connectivity index (χ1v) is 9.40. The van der Waals surface area contributed by atoms with Crippen LogP contribution in [0, 0.1) is 0 Å². The molecule has 0 atom stereocenters. The number of nitrogens with one attached hydrogen (secondary N) is 2. The van der Waals surface area contributed by atoms with Crippen molar-refractivity contribution in [3.05, 3.63) is 75.9 Å². The molecule has 0 radical (unpaired) electrons. The molecule has 2 N–H and O–H groups in total. The molecule has 6 heteroatoms. The molecular weight excluding hydrogens is 368 g/mol. The fraction of sp³-hybridized carbons (Fsp3) is 0.100. The summed E-state index contributed by atoms with van der Waals surface area (Å²) in [6, 6.07) is 16.3. The van der Waals surface area contributed by atoms with Crippen molar-refractivity contribution in [1.29, 1.82) is 0 Å². The highest BCUT2D eigenvalue weighted by Crippen LogP contribution is 2.24. The van der Waals surface area contributed by atoms with Crippen LogP contribution >= 0.6 is 22.9 Å². The first-order valence-electron chi connectivity index (χ1n) is 8.08. The zero-order valence-corrected chi connectivity index (χ0v) is 15.4. The molecule has 1 heterocycles. The lowest BCUT2D eigenvalue weighted by Gasteiger charge is -2.08. The van der Waals surface area contributed by atoms with E-state index in [9.17, 15) is 9.59 Å². The van der Waals surface area contributed by atoms with E-state index < -0.39 is 0 Å². The molecule has 4 nitrogen and oxygen atoms in total. The summed E-state index contributed by atoms with van der Waals surface area (Å²) in [5.74, 6) is -0.377. The number of amides is 2. The maximum absolute atomic E-state index is 12.1. The van der Waals surface area contributed by atoms with Gasteiger partial charge in [0.15, 0.2) is 0 Å². The monoisotopic (exact) mass is 384 g/mol. The minimum atomic E-state index is -0.228. The predicted octanol–water partition coefficient (Wildman–Crippen LogP) is 4.83. The molecule has 0 bridgehead atoms. The Morgan fingerprint density at radius 1 is 1.00 bits per heavy atom. The van der Waals surface area contributed by atoms with Crippen LogP contribution in [-0.4, -0.2) is 18.4 Å². The summed E-state index contributed by atoms with van der Waals surface area (Å²) in [7, 11) is 0. The van der Waals surface area contributed by atoms with E-state index in [-0.39, 0.29) is 24.8 Å². The van der Waals surface area contributed by atoms with Gasteiger partial charge in [-0.2, -0.15) is 11.3 Å². The number of carbonyl (C=O) groups excluding carboxylic acids is 2. The van der Waals surface area contributed by atoms with Gasteiger partial charge in [0.2, 0.25) is 5.91 Å². The summed E-state index contributed by atoms with van der Waals surface area (Å²) in [6.45, 7) is 0.261. The number of rotatable bonds is 6. The smallest absolute Gasteiger partial charge is 0.251 e. The number of anilines is 1. The van der Waals surface area contributed by atoms with E-state index in [0.29, 0.717) is 10.6 Å². The maximum atomic E-state index is 12.1. The fourth-order valence-corrected chi connectivity index (χ4v) is 3.21. The first kappa shape index (κ1) is 18.2. The van der Waals surface area contributed by atoms with Crippen molar-refractivity contribution >= 4 is 40.4 Å². The molecule has 132 valence electrons. The summed E-state index contributed by atoms with van der Waals surface area (Å²) in [5.41, 5.74) is 3.43. The molecule has 1 aromatic heterocycles. The van der Waals surface area contributed by atoms with Crippen molar-refractivity contribution < 1.29 is 9.59 Å². The number of thiophene rings is 1. The van der Waals surface area contributed by atoms with Crippen molar-refractivity contribution in [3.8, 4) is 11.1 Å². The van der Waals surface area contributed by atoms with Crippen LogP contribution in [-0.2, 0) is 4.79 Å². The van der Waals surface area contributed by atoms with Gasteiger partial charge in [0.1, 0.15) is 0 Å². The Morgan fingerprint density at radius 3 is 2.54 bits per heavy atom. The Labute approximate surface area is 160 Å². The molecule has 3 rings (SSSR count). The van der Waals surface area contributed by atoms with Crippen molar-refractivity contribution in [3.63, 3.8) is 0 Å². The van der Waals surface area contributed by atoms with Gasteiger partial charge in [-0.15, -0.1) is 0 Å². The van der Waals surface area contributed by atoms with E-state index in [2.05, 4.69) is 16.0 Å². The molecular formula is C20H17ClN2O2S. The standard InChI is InChI=1S/C20H17ClN2O2S/c21-17-6-4-14(5-7-17)20(25)22-10-8-19(24)23-18-3-1-2-15(12-18)16-9-11-26-13-16/h1-7,9,11-13H,8,10H2,(H,22,25)(H,23,24). The van der Waals surface area contributed by atoms with E-state index in [1.807, 2.05) is 35.7 Å². The van der Waals surface area contributed by atoms with Gasteiger partial charge in [0, 0.05) is 29.2 Å². The topological polar surface area (TPSA) is 58.2 Å². The molecule has 0 aliphatic heterocycles. The molecule has 0 unspecified atom stereocenters. The zero-order valence-electron chi connectivity index (χ0n) is 13.9. The third-order valence-electron chi connectivity index (χ3n) is 3.74. The first-order chi connectivity index (χ1) is 12.6. The van der Waals surface area contributed by atoms with Crippen LogP contribution in [0.4, 0.5) is 5.69 Å². The van der Waals surface area contributed by atoms with Gasteiger partial charge in [-0.3, -0.25) is 9.59 Å². The van der Waals surface area contributed by atoms with Crippen molar-refractivity contribution in [2.45, 2.75) is 6.42 Å². The van der Waals surface area contributed by atoms with Crippen molar-refractivity contribution in [2.75, 3.05) is 11.9 Å². The molecule has 0 fully saturated rings. The Kier molecular flexibility index (Phi) is 6.04. The van der Waals surface area contributed by atoms with Gasteiger partial charge in [0.05, 0.1) is 0 Å². The van der Waals surface area contributed by atoms with Crippen LogP contribution < -0.4 is 10.6 Å². The second-order valence-corrected chi connectivity index (χ2v) is 6.87. The van der Waals surface area contributed by atoms with Gasteiger partial charge in [-0.1, -0.05) is 23.7 Å². The molecule has 3 aromatic rings. The lowest BCUT2D eigenvalue weighted by molar-refractivity contribution is -0.116. The highest BCUT2D eigenvalue weighted by atomic mass is 35.5. The fourth-order valence-electron chi connectivity index (χ4n) is 2.42. The summed E-state index contributed by atoms with van der Waals surface area (Å²) >= 11 is 7.43. The molecule has 26 heavy (non-hydrogen) atoms. The predicted molar refractivity (Wildman–Crippen MR) is 107 cm³/mol. The van der Waals surface area contributed by atoms with Crippen LogP contribution in [0.5, 0.6) is 0 Å². The van der Waals surface area contributed by atoms with Crippen LogP contribution in [0.1, 0.15) is 16.8 Å². The SMILES string of the molecule is O=C(CCNC(=O)c1ccc(Cl)cc1)Nc1cccc(-c2ccsc2)c1. The number of carbonyl (C=O) groups is 2. The van der Waals surface area contributed by atoms with Gasteiger partial charge in [0.25, 0.3) is 5.91 Å². The van der Waals surface area contributed by atoms with Crippen molar-refractivity contribution in [1.82, 2.24) is 5.32 Å². The van der Waals surface area contributed by atoms with Crippen LogP contribution in [0.3, 0.4) is 0 Å². The Morgan fingerprint density at radius 2 is 1.81 bits per heavy atom. The van der Waals surface area contributed by atoms with Gasteiger partial charge < -0.3 is 10.6 Å². The van der Waals surface area contributed by atoms with E-state index >= 15 is 0 Å². The summed E-state index contributed by atoms with van der Waals surface area (Å²) in [6.07, 6.45) is 0.196. The third kappa shape index (κ3) is 4.94. The largest absolute Gasteiger partial charge is 0.352 e. The maximum Gasteiger partial charge on any atom is 0.251 e. The second kappa shape index (κ2) is 8.65. The number of hydrogen-bond donors (Lipinski definition) is 2. The number of halogens is 1. The molecule has 0 spiro atoms. The summed E-state index contributed by atoms with van der Waals surface area (Å²) < 4.78 is 0. The lowest BCUT2D eigenvalue weighted by Crippen LogP contribution is -2.27. The van der Waals surface area contributed by atoms with Gasteiger partial charge >= 0.3 is 0 Å². The van der Waals surface area contributed by atoms with Crippen LogP contribution in [0.25, 0.3) is 11.1 Å².